The second-order valence-corrected chi connectivity index (χ2v) is 6.52. The van der Waals surface area contributed by atoms with E-state index in [1.54, 1.807) is 0 Å². The van der Waals surface area contributed by atoms with E-state index in [1.807, 2.05) is 47.4 Å². The number of hydrogen-bond donors (Lipinski definition) is 1. The number of hydrogen-bond acceptors (Lipinski definition) is 3. The van der Waals surface area contributed by atoms with Gasteiger partial charge in [0.15, 0.2) is 0 Å². The molecular weight excluding hydrogens is 300 g/mol. The fourth-order valence-electron chi connectivity index (χ4n) is 3.24. The average molecular weight is 326 g/mol. The molecule has 3 rings (SSSR count). The Balaban J connectivity index is 1.49. The molecule has 1 N–H and O–H groups in total. The minimum absolute atomic E-state index is 0.0274. The number of nitrogens with zero attached hydrogens (tertiary/aromatic N) is 3. The van der Waals surface area contributed by atoms with E-state index in [4.69, 9.17) is 0 Å². The van der Waals surface area contributed by atoms with E-state index >= 15 is 0 Å². The second-order valence-electron chi connectivity index (χ2n) is 6.52. The number of likely N-dealkylation sites (N-methyl/N-ethyl adjacent to an activating group) is 1. The van der Waals surface area contributed by atoms with Gasteiger partial charge in [-0.2, -0.15) is 5.10 Å². The standard InChI is InChI=1S/C19H26N4O/c1-22-13-7-3-6-10-18(22)19(24)20-12-11-16-14-21-23(15-16)17-8-4-2-5-9-17/h2,4-5,8-9,14-15,18H,3,6-7,10-13H2,1H3,(H,20,24). The summed E-state index contributed by atoms with van der Waals surface area (Å²) in [7, 11) is 2.06. The van der Waals surface area contributed by atoms with Gasteiger partial charge in [0.05, 0.1) is 17.9 Å². The van der Waals surface area contributed by atoms with Crippen LogP contribution < -0.4 is 5.32 Å². The van der Waals surface area contributed by atoms with Crippen LogP contribution in [0.5, 0.6) is 0 Å². The Morgan fingerprint density at radius 2 is 2.08 bits per heavy atom. The highest BCUT2D eigenvalue weighted by Gasteiger charge is 2.24. The molecule has 1 amide bonds. The highest BCUT2D eigenvalue weighted by molar-refractivity contribution is 5.81. The minimum Gasteiger partial charge on any atom is -0.354 e. The van der Waals surface area contributed by atoms with Crippen LogP contribution in [0.3, 0.4) is 0 Å². The maximum absolute atomic E-state index is 12.4. The number of rotatable bonds is 5. The summed E-state index contributed by atoms with van der Waals surface area (Å²) in [5.41, 5.74) is 2.18. The van der Waals surface area contributed by atoms with Crippen LogP contribution in [-0.2, 0) is 11.2 Å². The zero-order valence-electron chi connectivity index (χ0n) is 14.3. The SMILES string of the molecule is CN1CCCCCC1C(=O)NCCc1cnn(-c2ccccc2)c1. The van der Waals surface area contributed by atoms with Gasteiger partial charge in [-0.3, -0.25) is 9.69 Å². The van der Waals surface area contributed by atoms with Crippen molar-refractivity contribution in [1.82, 2.24) is 20.0 Å². The highest BCUT2D eigenvalue weighted by atomic mass is 16.2. The maximum atomic E-state index is 12.4. The van der Waals surface area contributed by atoms with E-state index in [-0.39, 0.29) is 11.9 Å². The van der Waals surface area contributed by atoms with Crippen LogP contribution in [0.15, 0.2) is 42.7 Å². The summed E-state index contributed by atoms with van der Waals surface area (Å²) in [4.78, 5) is 14.6. The fourth-order valence-corrected chi connectivity index (χ4v) is 3.24. The van der Waals surface area contributed by atoms with Crippen molar-refractivity contribution in [3.63, 3.8) is 0 Å². The molecule has 1 unspecified atom stereocenters. The highest BCUT2D eigenvalue weighted by Crippen LogP contribution is 2.15. The normalized spacial score (nSPS) is 19.0. The third kappa shape index (κ3) is 4.23. The van der Waals surface area contributed by atoms with Crippen molar-refractivity contribution in [2.75, 3.05) is 20.1 Å². The van der Waals surface area contributed by atoms with Crippen molar-refractivity contribution >= 4 is 5.91 Å². The van der Waals surface area contributed by atoms with Crippen LogP contribution in [0.25, 0.3) is 5.69 Å². The van der Waals surface area contributed by atoms with Crippen LogP contribution in [0.1, 0.15) is 31.2 Å². The van der Waals surface area contributed by atoms with Crippen molar-refractivity contribution < 1.29 is 4.79 Å². The smallest absolute Gasteiger partial charge is 0.237 e. The molecule has 2 aromatic rings. The Hall–Kier alpha value is -2.14. The van der Waals surface area contributed by atoms with Gasteiger partial charge in [0, 0.05) is 12.7 Å². The van der Waals surface area contributed by atoms with Crippen molar-refractivity contribution in [3.8, 4) is 5.69 Å². The van der Waals surface area contributed by atoms with E-state index in [0.717, 1.165) is 37.1 Å². The molecule has 0 radical (unpaired) electrons. The van der Waals surface area contributed by atoms with Gasteiger partial charge in [-0.05, 0) is 50.6 Å². The first kappa shape index (κ1) is 16.7. The maximum Gasteiger partial charge on any atom is 0.237 e. The minimum atomic E-state index is 0.0274. The zero-order valence-corrected chi connectivity index (χ0v) is 14.3. The summed E-state index contributed by atoms with van der Waals surface area (Å²) in [6.45, 7) is 1.67. The van der Waals surface area contributed by atoms with Gasteiger partial charge in [-0.25, -0.2) is 4.68 Å². The molecule has 24 heavy (non-hydrogen) atoms. The molecule has 0 aliphatic carbocycles. The second kappa shape index (κ2) is 8.11. The Labute approximate surface area is 143 Å². The Morgan fingerprint density at radius 1 is 1.25 bits per heavy atom. The van der Waals surface area contributed by atoms with Gasteiger partial charge < -0.3 is 5.32 Å². The van der Waals surface area contributed by atoms with Gasteiger partial charge >= 0.3 is 0 Å². The molecule has 1 aliphatic heterocycles. The average Bonchev–Trinajstić information content (AvgIpc) is 2.97. The van der Waals surface area contributed by atoms with Gasteiger partial charge in [0.25, 0.3) is 0 Å². The monoisotopic (exact) mass is 326 g/mol. The van der Waals surface area contributed by atoms with Crippen LogP contribution >= 0.6 is 0 Å². The van der Waals surface area contributed by atoms with Crippen LogP contribution in [0.2, 0.25) is 0 Å². The molecule has 1 fully saturated rings. The summed E-state index contributed by atoms with van der Waals surface area (Å²) < 4.78 is 1.87. The zero-order chi connectivity index (χ0) is 16.8. The summed E-state index contributed by atoms with van der Waals surface area (Å²) in [6, 6.07) is 10.1. The molecule has 0 spiro atoms. The summed E-state index contributed by atoms with van der Waals surface area (Å²) in [6.07, 6.45) is 9.23. The van der Waals surface area contributed by atoms with Gasteiger partial charge in [0.1, 0.15) is 0 Å². The number of para-hydroxylation sites is 1. The first-order chi connectivity index (χ1) is 11.7. The van der Waals surface area contributed by atoms with E-state index in [0.29, 0.717) is 6.54 Å². The Morgan fingerprint density at radius 3 is 2.92 bits per heavy atom. The number of carbonyl (C=O) groups excluding carboxylic acids is 1. The number of carbonyl (C=O) groups is 1. The van der Waals surface area contributed by atoms with Gasteiger partial charge in [-0.15, -0.1) is 0 Å². The topological polar surface area (TPSA) is 50.2 Å². The molecule has 2 heterocycles. The van der Waals surface area contributed by atoms with Gasteiger partial charge in [0.2, 0.25) is 5.91 Å². The molecule has 1 aromatic heterocycles. The van der Waals surface area contributed by atoms with Crippen LogP contribution in [0, 0.1) is 0 Å². The molecule has 128 valence electrons. The van der Waals surface area contributed by atoms with Crippen molar-refractivity contribution in [2.24, 2.45) is 0 Å². The lowest BCUT2D eigenvalue weighted by Crippen LogP contribution is -2.45. The number of aromatic nitrogens is 2. The molecule has 1 aliphatic rings. The molecule has 1 atom stereocenters. The summed E-state index contributed by atoms with van der Waals surface area (Å²) >= 11 is 0. The predicted octanol–water partition coefficient (Wildman–Crippen LogP) is 2.41. The van der Waals surface area contributed by atoms with Gasteiger partial charge in [-0.1, -0.05) is 31.0 Å². The van der Waals surface area contributed by atoms with Crippen molar-refractivity contribution in [1.29, 1.82) is 0 Å². The van der Waals surface area contributed by atoms with Crippen LogP contribution in [-0.4, -0.2) is 46.8 Å². The third-order valence-corrected chi connectivity index (χ3v) is 4.69. The number of likely N-dealkylation sites (tertiary alicyclic amines) is 1. The number of nitrogens with one attached hydrogen (secondary N) is 1. The number of benzene rings is 1. The largest absolute Gasteiger partial charge is 0.354 e. The molecule has 1 saturated heterocycles. The molecule has 5 heteroatoms. The van der Waals surface area contributed by atoms with E-state index in [9.17, 15) is 4.79 Å². The Kier molecular flexibility index (Phi) is 5.64. The van der Waals surface area contributed by atoms with Crippen molar-refractivity contribution in [3.05, 3.63) is 48.3 Å². The lowest BCUT2D eigenvalue weighted by atomic mass is 10.1. The Bertz CT molecular complexity index is 652. The summed E-state index contributed by atoms with van der Waals surface area (Å²) in [5, 5.41) is 7.48. The van der Waals surface area contributed by atoms with E-state index < -0.39 is 0 Å². The van der Waals surface area contributed by atoms with Crippen molar-refractivity contribution in [2.45, 2.75) is 38.1 Å². The first-order valence-corrected chi connectivity index (χ1v) is 8.81. The van der Waals surface area contributed by atoms with E-state index in [2.05, 4.69) is 22.4 Å². The summed E-state index contributed by atoms with van der Waals surface area (Å²) in [5.74, 6) is 0.162. The first-order valence-electron chi connectivity index (χ1n) is 8.81. The number of amides is 1. The lowest BCUT2D eigenvalue weighted by molar-refractivity contribution is -0.126. The molecular formula is C19H26N4O. The lowest BCUT2D eigenvalue weighted by Gasteiger charge is -2.24. The third-order valence-electron chi connectivity index (χ3n) is 4.69. The molecule has 1 aromatic carbocycles. The fraction of sp³-hybridized carbons (Fsp3) is 0.474. The van der Waals surface area contributed by atoms with E-state index in [1.165, 1.54) is 12.8 Å². The quantitative estimate of drug-likeness (QED) is 0.918. The molecule has 0 saturated carbocycles. The molecule has 5 nitrogen and oxygen atoms in total. The molecule has 0 bridgehead atoms. The van der Waals surface area contributed by atoms with Crippen LogP contribution in [0.4, 0.5) is 0 Å². The predicted molar refractivity (Wildman–Crippen MR) is 95.2 cm³/mol.